The molecule has 1 amide bonds. The van der Waals surface area contributed by atoms with Crippen molar-refractivity contribution in [3.63, 3.8) is 0 Å². The van der Waals surface area contributed by atoms with Crippen LogP contribution in [-0.2, 0) is 21.9 Å². The van der Waals surface area contributed by atoms with E-state index in [1.807, 2.05) is 0 Å². The fourth-order valence-electron chi connectivity index (χ4n) is 2.76. The number of rotatable bonds is 2. The van der Waals surface area contributed by atoms with Gasteiger partial charge in [0.15, 0.2) is 0 Å². The molecule has 3 atom stereocenters. The molecule has 22 heavy (non-hydrogen) atoms. The zero-order valence-corrected chi connectivity index (χ0v) is 13.9. The lowest BCUT2D eigenvalue weighted by Crippen LogP contribution is -2.66. The van der Waals surface area contributed by atoms with Gasteiger partial charge in [-0.25, -0.2) is 9.17 Å². The minimum atomic E-state index is -2.02. The van der Waals surface area contributed by atoms with Crippen LogP contribution in [0.3, 0.4) is 0 Å². The molecule has 1 aromatic heterocycles. The summed E-state index contributed by atoms with van der Waals surface area (Å²) < 4.78 is 29.8. The summed E-state index contributed by atoms with van der Waals surface area (Å²) in [5.74, 6) is -0.786. The van der Waals surface area contributed by atoms with Crippen LogP contribution in [0.2, 0.25) is 5.02 Å². The lowest BCUT2D eigenvalue weighted by atomic mass is 9.99. The van der Waals surface area contributed by atoms with Crippen molar-refractivity contribution < 1.29 is 26.6 Å². The molecular weight excluding hydrogens is 335 g/mol. The molecule has 6 nitrogen and oxygen atoms in total. The predicted octanol–water partition coefficient (Wildman–Crippen LogP) is 2.69. The van der Waals surface area contributed by atoms with Crippen LogP contribution in [0, 0.1) is 5.95 Å². The average Bonchev–Trinajstić information content (AvgIpc) is 2.71. The van der Waals surface area contributed by atoms with Crippen molar-refractivity contribution >= 4 is 29.0 Å². The lowest BCUT2D eigenvalue weighted by molar-refractivity contribution is -0.799. The zero-order chi connectivity index (χ0) is 16.7. The minimum absolute atomic E-state index is 0.0190. The second-order valence-corrected chi connectivity index (χ2v) is 7.74. The van der Waals surface area contributed by atoms with Crippen LogP contribution in [0.15, 0.2) is 12.3 Å². The SMILES string of the molecule is CC(C)(C)[N+]1(C(=O)O)[C@@H](Cc2cnc(F)c(Cl)c2)COS1=O. The van der Waals surface area contributed by atoms with Gasteiger partial charge >= 0.3 is 17.4 Å². The summed E-state index contributed by atoms with van der Waals surface area (Å²) >= 11 is 3.68. The van der Waals surface area contributed by atoms with Crippen molar-refractivity contribution in [3.8, 4) is 0 Å². The van der Waals surface area contributed by atoms with Crippen LogP contribution >= 0.6 is 11.6 Å². The van der Waals surface area contributed by atoms with Crippen LogP contribution in [-0.4, -0.2) is 42.5 Å². The molecule has 2 heterocycles. The maximum Gasteiger partial charge on any atom is 0.530 e. The van der Waals surface area contributed by atoms with Crippen molar-refractivity contribution in [2.75, 3.05) is 6.61 Å². The Morgan fingerprint density at radius 1 is 1.64 bits per heavy atom. The Morgan fingerprint density at radius 3 is 2.77 bits per heavy atom. The molecule has 1 fully saturated rings. The first-order chi connectivity index (χ1) is 10.1. The van der Waals surface area contributed by atoms with Crippen LogP contribution in [0.25, 0.3) is 0 Å². The average molecular weight is 352 g/mol. The van der Waals surface area contributed by atoms with E-state index < -0.39 is 38.8 Å². The Labute approximate surface area is 135 Å². The topological polar surface area (TPSA) is 76.5 Å². The normalized spacial score (nSPS) is 28.8. The van der Waals surface area contributed by atoms with Gasteiger partial charge in [-0.05, 0) is 32.4 Å². The van der Waals surface area contributed by atoms with E-state index in [1.54, 1.807) is 20.8 Å². The van der Waals surface area contributed by atoms with E-state index in [1.165, 1.54) is 12.3 Å². The molecule has 1 aliphatic rings. The van der Waals surface area contributed by atoms with Gasteiger partial charge in [-0.2, -0.15) is 13.4 Å². The van der Waals surface area contributed by atoms with E-state index in [0.29, 0.717) is 5.56 Å². The third kappa shape index (κ3) is 2.64. The van der Waals surface area contributed by atoms with Gasteiger partial charge in [0.25, 0.3) is 0 Å². The molecule has 0 saturated carbocycles. The van der Waals surface area contributed by atoms with Crippen molar-refractivity contribution in [1.29, 1.82) is 0 Å². The Morgan fingerprint density at radius 2 is 2.27 bits per heavy atom. The number of nitrogens with zero attached hydrogens (tertiary/aromatic N) is 2. The Kier molecular flexibility index (Phi) is 4.59. The molecule has 9 heteroatoms. The largest absolute Gasteiger partial charge is 0.530 e. The highest BCUT2D eigenvalue weighted by atomic mass is 35.5. The zero-order valence-electron chi connectivity index (χ0n) is 12.4. The van der Waals surface area contributed by atoms with Gasteiger partial charge in [0.05, 0.1) is 5.02 Å². The first-order valence-corrected chi connectivity index (χ1v) is 7.99. The van der Waals surface area contributed by atoms with E-state index in [4.69, 9.17) is 15.8 Å². The van der Waals surface area contributed by atoms with Crippen LogP contribution in [0.1, 0.15) is 26.3 Å². The monoisotopic (exact) mass is 351 g/mol. The van der Waals surface area contributed by atoms with Crippen LogP contribution in [0.4, 0.5) is 9.18 Å². The van der Waals surface area contributed by atoms with Gasteiger partial charge in [0.2, 0.25) is 5.95 Å². The first kappa shape index (κ1) is 17.3. The highest BCUT2D eigenvalue weighted by Crippen LogP contribution is 2.38. The summed E-state index contributed by atoms with van der Waals surface area (Å²) in [6.45, 7) is 5.09. The number of amides is 1. The fourth-order valence-corrected chi connectivity index (χ4v) is 4.34. The Bertz CT molecular complexity index is 637. The summed E-state index contributed by atoms with van der Waals surface area (Å²) in [4.78, 5) is 15.4. The van der Waals surface area contributed by atoms with Crippen molar-refractivity contribution in [1.82, 2.24) is 4.98 Å². The molecule has 0 bridgehead atoms. The molecule has 0 spiro atoms. The summed E-state index contributed by atoms with van der Waals surface area (Å²) in [6, 6.07) is 0.797. The molecule has 1 saturated heterocycles. The Hall–Kier alpha value is -1.09. The quantitative estimate of drug-likeness (QED) is 0.655. The van der Waals surface area contributed by atoms with E-state index in [0.717, 1.165) is 0 Å². The van der Waals surface area contributed by atoms with Crippen LogP contribution in [0.5, 0.6) is 0 Å². The molecular formula is C13H17ClFN2O4S+. The fraction of sp³-hybridized carbons (Fsp3) is 0.538. The van der Waals surface area contributed by atoms with E-state index >= 15 is 0 Å². The Balaban J connectivity index is 2.42. The molecule has 1 aromatic rings. The van der Waals surface area contributed by atoms with Gasteiger partial charge in [0.1, 0.15) is 18.2 Å². The van der Waals surface area contributed by atoms with Gasteiger partial charge in [0, 0.05) is 12.6 Å². The number of hydrogen-bond donors (Lipinski definition) is 1. The van der Waals surface area contributed by atoms with E-state index in [-0.39, 0.29) is 18.1 Å². The number of carboxylic acid groups (broad SMARTS) is 1. The maximum atomic E-state index is 13.1. The van der Waals surface area contributed by atoms with Gasteiger partial charge in [-0.15, -0.1) is 3.89 Å². The summed E-state index contributed by atoms with van der Waals surface area (Å²) in [6.07, 6.45) is 0.277. The molecule has 1 aliphatic heterocycles. The smallest absolute Gasteiger partial charge is 0.435 e. The standard InChI is InChI=1S/C13H16ClFN2O4S/c1-13(2,3)17(12(18)19)9(7-21-22(17)20)4-8-5-10(14)11(15)16-6-8/h5-6,9H,4,7H2,1-3H3/p+1/t9-,17?,22?/m0/s1. The minimum Gasteiger partial charge on any atom is -0.435 e. The second-order valence-electron chi connectivity index (χ2n) is 6.09. The molecule has 2 rings (SSSR count). The highest BCUT2D eigenvalue weighted by molar-refractivity contribution is 7.74. The molecule has 0 radical (unpaired) electrons. The molecule has 2 unspecified atom stereocenters. The summed E-state index contributed by atoms with van der Waals surface area (Å²) in [7, 11) is 0. The van der Waals surface area contributed by atoms with Crippen LogP contribution < -0.4 is 0 Å². The van der Waals surface area contributed by atoms with Gasteiger partial charge in [-0.3, -0.25) is 0 Å². The molecule has 122 valence electrons. The number of pyridine rings is 1. The van der Waals surface area contributed by atoms with Crippen molar-refractivity contribution in [2.45, 2.75) is 38.8 Å². The molecule has 0 aromatic carbocycles. The number of quaternary nitrogens is 1. The van der Waals surface area contributed by atoms with E-state index in [9.17, 15) is 18.5 Å². The number of carbonyl (C=O) groups is 1. The van der Waals surface area contributed by atoms with E-state index in [2.05, 4.69) is 4.98 Å². The van der Waals surface area contributed by atoms with Crippen molar-refractivity contribution in [2.24, 2.45) is 0 Å². The lowest BCUT2D eigenvalue weighted by Gasteiger charge is -2.39. The molecule has 0 aliphatic carbocycles. The van der Waals surface area contributed by atoms with Gasteiger partial charge < -0.3 is 5.11 Å². The highest BCUT2D eigenvalue weighted by Gasteiger charge is 2.64. The predicted molar refractivity (Wildman–Crippen MR) is 78.8 cm³/mol. The first-order valence-electron chi connectivity index (χ1n) is 6.58. The number of halogens is 2. The van der Waals surface area contributed by atoms with Crippen molar-refractivity contribution in [3.05, 3.63) is 28.8 Å². The number of aromatic nitrogens is 1. The maximum absolute atomic E-state index is 13.1. The summed E-state index contributed by atoms with van der Waals surface area (Å²) in [5, 5.41) is 9.58. The number of hydrogen-bond acceptors (Lipinski definition) is 4. The molecule has 1 N–H and O–H groups in total. The summed E-state index contributed by atoms with van der Waals surface area (Å²) in [5.41, 5.74) is -0.290. The van der Waals surface area contributed by atoms with Gasteiger partial charge in [-0.1, -0.05) is 11.6 Å². The third-order valence-electron chi connectivity index (χ3n) is 3.72. The second kappa shape index (κ2) is 5.84. The third-order valence-corrected chi connectivity index (χ3v) is 5.79.